The van der Waals surface area contributed by atoms with Crippen LogP contribution < -0.4 is 5.32 Å². The smallest absolute Gasteiger partial charge is 0.352 e. The third-order valence-corrected chi connectivity index (χ3v) is 3.01. The molecule has 0 fully saturated rings. The van der Waals surface area contributed by atoms with Crippen molar-refractivity contribution in [3.05, 3.63) is 47.5 Å². The molecule has 0 aliphatic heterocycles. The molecule has 2 rings (SSSR count). The Morgan fingerprint density at radius 1 is 1.10 bits per heavy atom. The van der Waals surface area contributed by atoms with Gasteiger partial charge in [-0.05, 0) is 29.3 Å². The molecule has 0 aromatic heterocycles. The van der Waals surface area contributed by atoms with E-state index in [1.54, 1.807) is 0 Å². The van der Waals surface area contributed by atoms with Crippen molar-refractivity contribution in [2.24, 2.45) is 0 Å². The van der Waals surface area contributed by atoms with E-state index < -0.39 is 11.7 Å². The average molecular weight is 281 g/mol. The van der Waals surface area contributed by atoms with Crippen molar-refractivity contribution in [2.45, 2.75) is 19.5 Å². The molecule has 5 heteroatoms. The van der Waals surface area contributed by atoms with Crippen LogP contribution >= 0.6 is 0 Å². The second-order valence-corrected chi connectivity index (χ2v) is 4.46. The maximum atomic E-state index is 13.0. The molecule has 0 saturated carbocycles. The first-order valence-corrected chi connectivity index (χ1v) is 6.32. The van der Waals surface area contributed by atoms with Crippen molar-refractivity contribution < 1.29 is 18.0 Å². The van der Waals surface area contributed by atoms with Crippen LogP contribution in [0.2, 0.25) is 0 Å². The van der Waals surface area contributed by atoms with Gasteiger partial charge in [-0.25, -0.2) is 0 Å². The summed E-state index contributed by atoms with van der Waals surface area (Å²) in [6.07, 6.45) is -3.66. The van der Waals surface area contributed by atoms with Crippen LogP contribution in [0.4, 0.5) is 13.2 Å². The molecule has 2 aromatic rings. The van der Waals surface area contributed by atoms with E-state index in [1.807, 2.05) is 6.92 Å². The minimum Gasteiger partial charge on any atom is -0.352 e. The first kappa shape index (κ1) is 14.4. The van der Waals surface area contributed by atoms with Crippen molar-refractivity contribution in [3.63, 3.8) is 0 Å². The Labute approximate surface area is 114 Å². The number of hydrogen-bond acceptors (Lipinski definition) is 1. The molecule has 1 amide bonds. The summed E-state index contributed by atoms with van der Waals surface area (Å²) in [7, 11) is 0. The SMILES string of the molecule is CCCNC(=O)c1cccc2c(C(F)(F)F)cccc12. The topological polar surface area (TPSA) is 29.1 Å². The van der Waals surface area contributed by atoms with Crippen molar-refractivity contribution in [1.29, 1.82) is 0 Å². The molecule has 0 unspecified atom stereocenters. The second kappa shape index (κ2) is 5.53. The molecule has 2 nitrogen and oxygen atoms in total. The first-order valence-electron chi connectivity index (χ1n) is 6.32. The van der Waals surface area contributed by atoms with Crippen LogP contribution in [0.3, 0.4) is 0 Å². The maximum absolute atomic E-state index is 13.0. The van der Waals surface area contributed by atoms with Crippen molar-refractivity contribution in [1.82, 2.24) is 5.32 Å². The van der Waals surface area contributed by atoms with Crippen molar-refractivity contribution >= 4 is 16.7 Å². The zero-order valence-electron chi connectivity index (χ0n) is 10.9. The molecule has 1 N–H and O–H groups in total. The fraction of sp³-hybridized carbons (Fsp3) is 0.267. The van der Waals surface area contributed by atoms with E-state index in [0.29, 0.717) is 11.9 Å². The molecular weight excluding hydrogens is 267 g/mol. The third kappa shape index (κ3) is 2.76. The Bertz CT molecular complexity index is 635. The van der Waals surface area contributed by atoms with Crippen LogP contribution in [-0.4, -0.2) is 12.5 Å². The molecule has 0 heterocycles. The Morgan fingerprint density at radius 2 is 1.75 bits per heavy atom. The lowest BCUT2D eigenvalue weighted by Gasteiger charge is -2.12. The number of benzene rings is 2. The monoisotopic (exact) mass is 281 g/mol. The van der Waals surface area contributed by atoms with Gasteiger partial charge in [0.25, 0.3) is 5.91 Å². The fourth-order valence-corrected chi connectivity index (χ4v) is 2.09. The van der Waals surface area contributed by atoms with E-state index >= 15 is 0 Å². The van der Waals surface area contributed by atoms with Gasteiger partial charge in [0.2, 0.25) is 0 Å². The summed E-state index contributed by atoms with van der Waals surface area (Å²) >= 11 is 0. The number of amides is 1. The molecule has 0 saturated heterocycles. The number of halogens is 3. The van der Waals surface area contributed by atoms with Gasteiger partial charge in [-0.2, -0.15) is 13.2 Å². The number of hydrogen-bond donors (Lipinski definition) is 1. The van der Waals surface area contributed by atoms with Gasteiger partial charge in [0.1, 0.15) is 0 Å². The van der Waals surface area contributed by atoms with Gasteiger partial charge in [-0.15, -0.1) is 0 Å². The summed E-state index contributed by atoms with van der Waals surface area (Å²) in [5, 5.41) is 3.04. The Morgan fingerprint density at radius 3 is 2.40 bits per heavy atom. The third-order valence-electron chi connectivity index (χ3n) is 3.01. The number of rotatable bonds is 3. The number of alkyl halides is 3. The largest absolute Gasteiger partial charge is 0.417 e. The zero-order chi connectivity index (χ0) is 14.8. The van der Waals surface area contributed by atoms with Crippen LogP contribution in [-0.2, 0) is 6.18 Å². The van der Waals surface area contributed by atoms with Gasteiger partial charge in [0, 0.05) is 12.1 Å². The zero-order valence-corrected chi connectivity index (χ0v) is 10.9. The predicted molar refractivity (Wildman–Crippen MR) is 71.6 cm³/mol. The van der Waals surface area contributed by atoms with Crippen LogP contribution in [0.25, 0.3) is 10.8 Å². The lowest BCUT2D eigenvalue weighted by atomic mass is 9.99. The van der Waals surface area contributed by atoms with Crippen molar-refractivity contribution in [3.8, 4) is 0 Å². The summed E-state index contributed by atoms with van der Waals surface area (Å²) in [6.45, 7) is 2.40. The minimum atomic E-state index is -4.43. The molecule has 0 radical (unpaired) electrons. The highest BCUT2D eigenvalue weighted by atomic mass is 19.4. The lowest BCUT2D eigenvalue weighted by Crippen LogP contribution is -2.24. The average Bonchev–Trinajstić information content (AvgIpc) is 2.42. The molecule has 2 aromatic carbocycles. The normalized spacial score (nSPS) is 11.6. The highest BCUT2D eigenvalue weighted by Gasteiger charge is 2.32. The molecule has 0 spiro atoms. The summed E-state index contributed by atoms with van der Waals surface area (Å²) in [5.41, 5.74) is -0.456. The summed E-state index contributed by atoms with van der Waals surface area (Å²) < 4.78 is 38.9. The van der Waals surface area contributed by atoms with Gasteiger partial charge < -0.3 is 5.32 Å². The summed E-state index contributed by atoms with van der Waals surface area (Å²) in [5.74, 6) is -0.350. The number of fused-ring (bicyclic) bond motifs is 1. The quantitative estimate of drug-likeness (QED) is 0.905. The number of carbonyl (C=O) groups is 1. The fourth-order valence-electron chi connectivity index (χ4n) is 2.09. The van der Waals surface area contributed by atoms with Crippen LogP contribution in [0.15, 0.2) is 36.4 Å². The predicted octanol–water partition coefficient (Wildman–Crippen LogP) is 4.00. The van der Waals surface area contributed by atoms with E-state index in [0.717, 1.165) is 12.5 Å². The Balaban J connectivity index is 2.57. The van der Waals surface area contributed by atoms with Gasteiger partial charge in [0.15, 0.2) is 0 Å². The highest BCUT2D eigenvalue weighted by molar-refractivity contribution is 6.07. The molecule has 0 atom stereocenters. The standard InChI is InChI=1S/C15H14F3NO/c1-2-9-19-14(20)12-7-3-6-11-10(12)5-4-8-13(11)15(16,17)18/h3-8H,2,9H2,1H3,(H,19,20). The molecule has 0 aliphatic carbocycles. The molecular formula is C15H14F3NO. The van der Waals surface area contributed by atoms with Crippen LogP contribution in [0, 0.1) is 0 Å². The number of nitrogens with one attached hydrogen (secondary N) is 1. The highest BCUT2D eigenvalue weighted by Crippen LogP contribution is 2.35. The maximum Gasteiger partial charge on any atom is 0.417 e. The van der Waals surface area contributed by atoms with Gasteiger partial charge in [-0.1, -0.05) is 31.2 Å². The lowest BCUT2D eigenvalue weighted by molar-refractivity contribution is -0.136. The summed E-state index contributed by atoms with van der Waals surface area (Å²) in [6, 6.07) is 8.27. The molecule has 0 bridgehead atoms. The summed E-state index contributed by atoms with van der Waals surface area (Å²) in [4.78, 5) is 12.0. The first-order chi connectivity index (χ1) is 9.45. The molecule has 106 valence electrons. The van der Waals surface area contributed by atoms with Crippen molar-refractivity contribution in [2.75, 3.05) is 6.54 Å². The van der Waals surface area contributed by atoms with Gasteiger partial charge in [0.05, 0.1) is 5.56 Å². The van der Waals surface area contributed by atoms with Gasteiger partial charge in [-0.3, -0.25) is 4.79 Å². The van der Waals surface area contributed by atoms with Crippen LogP contribution in [0.1, 0.15) is 29.3 Å². The van der Waals surface area contributed by atoms with Gasteiger partial charge >= 0.3 is 6.18 Å². The Kier molecular flexibility index (Phi) is 3.97. The minimum absolute atomic E-state index is 0.0455. The van der Waals surface area contributed by atoms with E-state index in [1.165, 1.54) is 30.3 Å². The Hall–Kier alpha value is -2.04. The molecule has 0 aliphatic rings. The van der Waals surface area contributed by atoms with E-state index in [4.69, 9.17) is 0 Å². The van der Waals surface area contributed by atoms with E-state index in [-0.39, 0.29) is 16.9 Å². The molecule has 20 heavy (non-hydrogen) atoms. The van der Waals surface area contributed by atoms with E-state index in [2.05, 4.69) is 5.32 Å². The number of carbonyl (C=O) groups excluding carboxylic acids is 1. The van der Waals surface area contributed by atoms with Crippen LogP contribution in [0.5, 0.6) is 0 Å². The second-order valence-electron chi connectivity index (χ2n) is 4.46. The van der Waals surface area contributed by atoms with E-state index in [9.17, 15) is 18.0 Å².